The zero-order valence-corrected chi connectivity index (χ0v) is 12.1. The van der Waals surface area contributed by atoms with E-state index in [4.69, 9.17) is 4.74 Å². The predicted molar refractivity (Wildman–Crippen MR) is 74.5 cm³/mol. The van der Waals surface area contributed by atoms with Gasteiger partial charge < -0.3 is 9.64 Å². The Hall–Kier alpha value is -1.32. The van der Waals surface area contributed by atoms with E-state index in [2.05, 4.69) is 6.58 Å². The van der Waals surface area contributed by atoms with Crippen molar-refractivity contribution in [2.24, 2.45) is 11.8 Å². The summed E-state index contributed by atoms with van der Waals surface area (Å²) in [5.74, 6) is -0.576. The van der Waals surface area contributed by atoms with Crippen LogP contribution in [0.4, 0.5) is 0 Å². The Balaban J connectivity index is 2.46. The lowest BCUT2D eigenvalue weighted by Gasteiger charge is -2.24. The second-order valence-electron chi connectivity index (χ2n) is 5.21. The minimum atomic E-state index is -0.242. The number of hydrogen-bond acceptors (Lipinski definition) is 3. The van der Waals surface area contributed by atoms with Crippen molar-refractivity contribution < 1.29 is 14.3 Å². The van der Waals surface area contributed by atoms with Gasteiger partial charge in [0, 0.05) is 13.6 Å². The number of amides is 1. The van der Waals surface area contributed by atoms with Gasteiger partial charge in [0.1, 0.15) is 0 Å². The molecule has 0 N–H and O–H groups in total. The highest BCUT2D eigenvalue weighted by molar-refractivity contribution is 5.85. The minimum absolute atomic E-state index is 0.0894. The highest BCUT2D eigenvalue weighted by atomic mass is 16.5. The van der Waals surface area contributed by atoms with Crippen molar-refractivity contribution in [1.82, 2.24) is 4.90 Å². The summed E-state index contributed by atoms with van der Waals surface area (Å²) in [5.41, 5.74) is 0. The summed E-state index contributed by atoms with van der Waals surface area (Å²) in [6, 6.07) is 0. The molecule has 0 saturated heterocycles. The number of allylic oxidation sites excluding steroid dienone is 1. The number of rotatable bonds is 7. The van der Waals surface area contributed by atoms with Crippen molar-refractivity contribution in [2.75, 3.05) is 20.7 Å². The third-order valence-electron chi connectivity index (χ3n) is 3.87. The predicted octanol–water partition coefficient (Wildman–Crippen LogP) is 2.39. The van der Waals surface area contributed by atoms with E-state index in [1.165, 1.54) is 7.11 Å². The van der Waals surface area contributed by atoms with Crippen LogP contribution in [0, 0.1) is 11.8 Å². The van der Waals surface area contributed by atoms with E-state index in [1.807, 2.05) is 13.1 Å². The third-order valence-corrected chi connectivity index (χ3v) is 3.87. The SMILES string of the molecule is C=CCCCCN(C)C(=O)[C@@H]1CCCC1C(=O)OC. The third kappa shape index (κ3) is 4.37. The lowest BCUT2D eigenvalue weighted by molar-refractivity contribution is -0.151. The fourth-order valence-electron chi connectivity index (χ4n) is 2.72. The van der Waals surface area contributed by atoms with Gasteiger partial charge in [-0.15, -0.1) is 6.58 Å². The van der Waals surface area contributed by atoms with Crippen molar-refractivity contribution in [3.05, 3.63) is 12.7 Å². The van der Waals surface area contributed by atoms with E-state index in [0.717, 1.165) is 45.1 Å². The smallest absolute Gasteiger partial charge is 0.309 e. The molecule has 0 bridgehead atoms. The number of methoxy groups -OCH3 is 1. The average Bonchev–Trinajstić information content (AvgIpc) is 2.90. The minimum Gasteiger partial charge on any atom is -0.469 e. The summed E-state index contributed by atoms with van der Waals surface area (Å²) in [5, 5.41) is 0. The van der Waals surface area contributed by atoms with Crippen LogP contribution in [0.1, 0.15) is 38.5 Å². The molecule has 1 saturated carbocycles. The normalized spacial score (nSPS) is 22.0. The van der Waals surface area contributed by atoms with Gasteiger partial charge in [-0.3, -0.25) is 9.59 Å². The molecule has 19 heavy (non-hydrogen) atoms. The summed E-state index contributed by atoms with van der Waals surface area (Å²) in [7, 11) is 3.21. The molecule has 0 aromatic rings. The second kappa shape index (κ2) is 7.97. The van der Waals surface area contributed by atoms with E-state index >= 15 is 0 Å². The summed E-state index contributed by atoms with van der Waals surface area (Å²) >= 11 is 0. The van der Waals surface area contributed by atoms with Crippen LogP contribution < -0.4 is 0 Å². The molecule has 0 aromatic carbocycles. The average molecular weight is 267 g/mol. The van der Waals surface area contributed by atoms with Crippen LogP contribution in [0.25, 0.3) is 0 Å². The van der Waals surface area contributed by atoms with Crippen LogP contribution in [0.3, 0.4) is 0 Å². The Morgan fingerprint density at radius 2 is 2.00 bits per heavy atom. The molecule has 1 unspecified atom stereocenters. The molecule has 4 heteroatoms. The summed E-state index contributed by atoms with van der Waals surface area (Å²) in [6.45, 7) is 4.43. The van der Waals surface area contributed by atoms with Gasteiger partial charge in [-0.25, -0.2) is 0 Å². The first-order valence-electron chi connectivity index (χ1n) is 7.05. The molecule has 1 amide bonds. The van der Waals surface area contributed by atoms with Crippen molar-refractivity contribution in [3.8, 4) is 0 Å². The zero-order valence-electron chi connectivity index (χ0n) is 12.1. The second-order valence-corrected chi connectivity index (χ2v) is 5.21. The van der Waals surface area contributed by atoms with Crippen LogP contribution in [0.5, 0.6) is 0 Å². The maximum atomic E-state index is 12.3. The Labute approximate surface area is 115 Å². The first kappa shape index (κ1) is 15.7. The first-order chi connectivity index (χ1) is 9.11. The van der Waals surface area contributed by atoms with Crippen LogP contribution in [-0.2, 0) is 14.3 Å². The zero-order chi connectivity index (χ0) is 14.3. The van der Waals surface area contributed by atoms with E-state index in [0.29, 0.717) is 0 Å². The fraction of sp³-hybridized carbons (Fsp3) is 0.733. The number of carbonyl (C=O) groups excluding carboxylic acids is 2. The van der Waals surface area contributed by atoms with Gasteiger partial charge in [-0.2, -0.15) is 0 Å². The van der Waals surface area contributed by atoms with E-state index < -0.39 is 0 Å². The van der Waals surface area contributed by atoms with Crippen molar-refractivity contribution in [1.29, 1.82) is 0 Å². The highest BCUT2D eigenvalue weighted by Gasteiger charge is 2.39. The van der Waals surface area contributed by atoms with Gasteiger partial charge in [-0.05, 0) is 32.1 Å². The number of unbranched alkanes of at least 4 members (excludes halogenated alkanes) is 2. The van der Waals surface area contributed by atoms with E-state index in [1.54, 1.807) is 4.90 Å². The lowest BCUT2D eigenvalue weighted by Crippen LogP contribution is -2.37. The number of ether oxygens (including phenoxy) is 1. The maximum Gasteiger partial charge on any atom is 0.309 e. The number of hydrogen-bond donors (Lipinski definition) is 0. The van der Waals surface area contributed by atoms with Crippen LogP contribution in [0.15, 0.2) is 12.7 Å². The van der Waals surface area contributed by atoms with Gasteiger partial charge in [0.05, 0.1) is 18.9 Å². The summed E-state index contributed by atoms with van der Waals surface area (Å²) < 4.78 is 4.79. The van der Waals surface area contributed by atoms with Gasteiger partial charge in [0.2, 0.25) is 5.91 Å². The molecule has 1 rings (SSSR count). The largest absolute Gasteiger partial charge is 0.469 e. The van der Waals surface area contributed by atoms with Gasteiger partial charge in [0.25, 0.3) is 0 Å². The molecule has 2 atom stereocenters. The van der Waals surface area contributed by atoms with E-state index in [9.17, 15) is 9.59 Å². The Morgan fingerprint density at radius 3 is 2.63 bits per heavy atom. The van der Waals surface area contributed by atoms with Crippen molar-refractivity contribution in [2.45, 2.75) is 38.5 Å². The molecule has 0 radical (unpaired) electrons. The van der Waals surface area contributed by atoms with Gasteiger partial charge in [0.15, 0.2) is 0 Å². The first-order valence-corrected chi connectivity index (χ1v) is 7.05. The van der Waals surface area contributed by atoms with Crippen molar-refractivity contribution >= 4 is 11.9 Å². The van der Waals surface area contributed by atoms with Crippen molar-refractivity contribution in [3.63, 3.8) is 0 Å². The molecule has 108 valence electrons. The summed E-state index contributed by atoms with van der Waals surface area (Å²) in [4.78, 5) is 25.7. The molecule has 0 heterocycles. The number of carbonyl (C=O) groups is 2. The number of esters is 1. The molecule has 4 nitrogen and oxygen atoms in total. The highest BCUT2D eigenvalue weighted by Crippen LogP contribution is 2.33. The van der Waals surface area contributed by atoms with Gasteiger partial charge >= 0.3 is 5.97 Å². The number of nitrogens with zero attached hydrogens (tertiary/aromatic N) is 1. The molecule has 0 aliphatic heterocycles. The van der Waals surface area contributed by atoms with Crippen LogP contribution >= 0.6 is 0 Å². The fourth-order valence-corrected chi connectivity index (χ4v) is 2.72. The molecule has 0 spiro atoms. The molecular weight excluding hydrogens is 242 g/mol. The molecule has 1 fully saturated rings. The maximum absolute atomic E-state index is 12.3. The quantitative estimate of drug-likeness (QED) is 0.404. The Kier molecular flexibility index (Phi) is 6.60. The van der Waals surface area contributed by atoms with Crippen LogP contribution in [0.2, 0.25) is 0 Å². The van der Waals surface area contributed by atoms with Crippen LogP contribution in [-0.4, -0.2) is 37.5 Å². The Morgan fingerprint density at radius 1 is 1.32 bits per heavy atom. The molecule has 1 aliphatic rings. The van der Waals surface area contributed by atoms with E-state index in [-0.39, 0.29) is 23.7 Å². The summed E-state index contributed by atoms with van der Waals surface area (Å²) in [6.07, 6.45) is 7.40. The lowest BCUT2D eigenvalue weighted by atomic mass is 9.94. The standard InChI is InChI=1S/C15H25NO3/c1-4-5-6-7-11-16(2)14(17)12-9-8-10-13(12)15(18)19-3/h4,12-13H,1,5-11H2,2-3H3/t12-,13?/m1/s1. The monoisotopic (exact) mass is 267 g/mol. The topological polar surface area (TPSA) is 46.6 Å². The van der Waals surface area contributed by atoms with Gasteiger partial charge in [-0.1, -0.05) is 12.5 Å². The Bertz CT molecular complexity index is 327. The molecular formula is C15H25NO3. The molecule has 0 aromatic heterocycles. The molecule has 1 aliphatic carbocycles.